The van der Waals surface area contributed by atoms with E-state index in [4.69, 9.17) is 0 Å². The average Bonchev–Trinajstić information content (AvgIpc) is 3.22. The third-order valence-electron chi connectivity index (χ3n) is 10.1. The summed E-state index contributed by atoms with van der Waals surface area (Å²) in [7, 11) is 2.27. The van der Waals surface area contributed by atoms with E-state index >= 15 is 0 Å². The standard InChI is InChI=1S/C34H42N/c1-23-10-11-28-27-9-7-6-8-26(27)21-29(28)32(23)31-20-24(2)30(22-35(31)5)25-12-14-34(15-13-25)18-16-33(3,4)17-19-34/h6-11,20,22,25H,12-19,21H2,1-5H3/q+1. The molecule has 2 aromatic carbocycles. The molecule has 3 aliphatic carbocycles. The molecule has 0 radical (unpaired) electrons. The zero-order valence-electron chi connectivity index (χ0n) is 22.5. The van der Waals surface area contributed by atoms with Gasteiger partial charge in [-0.3, -0.25) is 0 Å². The van der Waals surface area contributed by atoms with E-state index in [0.29, 0.717) is 10.8 Å². The maximum absolute atomic E-state index is 2.49. The molecule has 0 aliphatic heterocycles. The first-order valence-corrected chi connectivity index (χ1v) is 14.0. The van der Waals surface area contributed by atoms with Crippen LogP contribution in [0.25, 0.3) is 22.4 Å². The molecule has 3 aliphatic rings. The molecule has 182 valence electrons. The van der Waals surface area contributed by atoms with Crippen molar-refractivity contribution in [2.45, 2.75) is 91.4 Å². The Kier molecular flexibility index (Phi) is 5.47. The van der Waals surface area contributed by atoms with Gasteiger partial charge in [0.1, 0.15) is 7.05 Å². The summed E-state index contributed by atoms with van der Waals surface area (Å²) < 4.78 is 2.43. The summed E-state index contributed by atoms with van der Waals surface area (Å²) >= 11 is 0. The number of nitrogens with zero attached hydrogens (tertiary/aromatic N) is 1. The molecule has 1 aromatic heterocycles. The number of hydrogen-bond donors (Lipinski definition) is 0. The van der Waals surface area contributed by atoms with Crippen LogP contribution >= 0.6 is 0 Å². The molecule has 1 heteroatoms. The Labute approximate surface area is 212 Å². The van der Waals surface area contributed by atoms with Crippen molar-refractivity contribution in [1.29, 1.82) is 0 Å². The number of aromatic nitrogens is 1. The van der Waals surface area contributed by atoms with E-state index in [2.05, 4.69) is 88.0 Å². The van der Waals surface area contributed by atoms with Crippen molar-refractivity contribution in [2.24, 2.45) is 17.9 Å². The first kappa shape index (κ1) is 23.0. The Hall–Kier alpha value is -2.41. The van der Waals surface area contributed by atoms with E-state index in [0.717, 1.165) is 12.3 Å². The maximum Gasteiger partial charge on any atom is 0.213 e. The van der Waals surface area contributed by atoms with Crippen molar-refractivity contribution in [3.8, 4) is 22.4 Å². The van der Waals surface area contributed by atoms with Crippen LogP contribution < -0.4 is 4.57 Å². The number of aryl methyl sites for hydroxylation is 3. The van der Waals surface area contributed by atoms with Gasteiger partial charge in [-0.15, -0.1) is 0 Å². The van der Waals surface area contributed by atoms with Gasteiger partial charge in [0.25, 0.3) is 0 Å². The first-order valence-electron chi connectivity index (χ1n) is 14.0. The van der Waals surface area contributed by atoms with Gasteiger partial charge in [0, 0.05) is 11.6 Å². The Bertz CT molecular complexity index is 1270. The Morgan fingerprint density at radius 3 is 2.26 bits per heavy atom. The van der Waals surface area contributed by atoms with E-state index in [1.54, 1.807) is 5.56 Å². The van der Waals surface area contributed by atoms with Crippen molar-refractivity contribution in [3.63, 3.8) is 0 Å². The van der Waals surface area contributed by atoms with Gasteiger partial charge in [-0.25, -0.2) is 4.57 Å². The molecular formula is C34H42N+. The highest BCUT2D eigenvalue weighted by molar-refractivity contribution is 5.84. The van der Waals surface area contributed by atoms with Gasteiger partial charge < -0.3 is 0 Å². The largest absolute Gasteiger partial charge is 0.213 e. The molecule has 0 saturated heterocycles. The van der Waals surface area contributed by atoms with E-state index in [-0.39, 0.29) is 0 Å². The molecule has 0 N–H and O–H groups in total. The maximum atomic E-state index is 2.49. The molecule has 2 saturated carbocycles. The summed E-state index contributed by atoms with van der Waals surface area (Å²) in [5.74, 6) is 0.725. The summed E-state index contributed by atoms with van der Waals surface area (Å²) in [4.78, 5) is 0. The van der Waals surface area contributed by atoms with E-state index in [1.807, 2.05) is 0 Å². The van der Waals surface area contributed by atoms with Crippen LogP contribution in [-0.4, -0.2) is 0 Å². The zero-order chi connectivity index (χ0) is 24.4. The molecule has 0 atom stereocenters. The lowest BCUT2D eigenvalue weighted by Crippen LogP contribution is -2.36. The van der Waals surface area contributed by atoms with E-state index in [1.165, 1.54) is 96.0 Å². The van der Waals surface area contributed by atoms with Crippen LogP contribution in [0.5, 0.6) is 0 Å². The van der Waals surface area contributed by atoms with Crippen molar-refractivity contribution in [2.75, 3.05) is 0 Å². The van der Waals surface area contributed by atoms with Crippen LogP contribution in [0.3, 0.4) is 0 Å². The highest BCUT2D eigenvalue weighted by atomic mass is 14.9. The van der Waals surface area contributed by atoms with Crippen LogP contribution in [0.4, 0.5) is 0 Å². The fraction of sp³-hybridized carbons (Fsp3) is 0.500. The van der Waals surface area contributed by atoms with E-state index in [9.17, 15) is 0 Å². The van der Waals surface area contributed by atoms with E-state index < -0.39 is 0 Å². The van der Waals surface area contributed by atoms with Gasteiger partial charge in [-0.1, -0.05) is 50.2 Å². The second-order valence-electron chi connectivity index (χ2n) is 13.0. The molecule has 1 spiro atoms. The first-order chi connectivity index (χ1) is 16.8. The van der Waals surface area contributed by atoms with Crippen LogP contribution in [-0.2, 0) is 13.5 Å². The summed E-state index contributed by atoms with van der Waals surface area (Å²) in [6, 6.07) is 16.1. The van der Waals surface area contributed by atoms with Gasteiger partial charge in [-0.2, -0.15) is 0 Å². The molecule has 0 unspecified atom stereocenters. The molecule has 0 bridgehead atoms. The Morgan fingerprint density at radius 1 is 0.800 bits per heavy atom. The van der Waals surface area contributed by atoms with Crippen LogP contribution in [0.15, 0.2) is 48.7 Å². The van der Waals surface area contributed by atoms with Gasteiger partial charge in [0.05, 0.1) is 5.56 Å². The minimum absolute atomic E-state index is 0.569. The van der Waals surface area contributed by atoms with Crippen molar-refractivity contribution >= 4 is 0 Å². The van der Waals surface area contributed by atoms with Crippen molar-refractivity contribution in [3.05, 3.63) is 76.5 Å². The second kappa shape index (κ2) is 8.32. The number of fused-ring (bicyclic) bond motifs is 3. The molecule has 0 amide bonds. The lowest BCUT2D eigenvalue weighted by molar-refractivity contribution is -0.661. The highest BCUT2D eigenvalue weighted by Gasteiger charge is 2.41. The Balaban J connectivity index is 1.29. The summed E-state index contributed by atoms with van der Waals surface area (Å²) in [5.41, 5.74) is 14.3. The molecule has 2 fully saturated rings. The zero-order valence-corrected chi connectivity index (χ0v) is 22.5. The van der Waals surface area contributed by atoms with Gasteiger partial charge in [0.2, 0.25) is 5.69 Å². The normalized spacial score (nSPS) is 20.6. The third kappa shape index (κ3) is 3.96. The van der Waals surface area contributed by atoms with Crippen molar-refractivity contribution in [1.82, 2.24) is 0 Å². The summed E-state index contributed by atoms with van der Waals surface area (Å²) in [5, 5.41) is 0. The number of rotatable bonds is 2. The Morgan fingerprint density at radius 2 is 1.51 bits per heavy atom. The fourth-order valence-electron chi connectivity index (χ4n) is 7.63. The predicted octanol–water partition coefficient (Wildman–Crippen LogP) is 8.61. The molecule has 35 heavy (non-hydrogen) atoms. The number of benzene rings is 2. The molecule has 6 rings (SSSR count). The monoisotopic (exact) mass is 464 g/mol. The second-order valence-corrected chi connectivity index (χ2v) is 13.0. The lowest BCUT2D eigenvalue weighted by Gasteiger charge is -2.47. The highest BCUT2D eigenvalue weighted by Crippen LogP contribution is 2.54. The summed E-state index contributed by atoms with van der Waals surface area (Å²) in [6.07, 6.45) is 14.9. The molecular weight excluding hydrogens is 422 g/mol. The fourth-order valence-corrected chi connectivity index (χ4v) is 7.63. The topological polar surface area (TPSA) is 3.88 Å². The molecule has 1 nitrogen and oxygen atoms in total. The van der Waals surface area contributed by atoms with Crippen molar-refractivity contribution < 1.29 is 4.57 Å². The molecule has 3 aromatic rings. The minimum Gasteiger partial charge on any atom is -0.201 e. The minimum atomic E-state index is 0.569. The third-order valence-corrected chi connectivity index (χ3v) is 10.1. The van der Waals surface area contributed by atoms with Gasteiger partial charge in [0.15, 0.2) is 6.20 Å². The number of hydrogen-bond acceptors (Lipinski definition) is 0. The lowest BCUT2D eigenvalue weighted by atomic mass is 9.58. The SMILES string of the molecule is Cc1cc(-c2c(C)ccc3c2Cc2ccccc2-3)[n+](C)cc1C1CCC2(CC1)CCC(C)(C)CC2. The van der Waals surface area contributed by atoms with Crippen LogP contribution in [0, 0.1) is 24.7 Å². The molecule has 1 heterocycles. The van der Waals surface area contributed by atoms with Crippen LogP contribution in [0.2, 0.25) is 0 Å². The summed E-state index contributed by atoms with van der Waals surface area (Å²) in [6.45, 7) is 9.59. The smallest absolute Gasteiger partial charge is 0.201 e. The average molecular weight is 465 g/mol. The van der Waals surface area contributed by atoms with Crippen LogP contribution in [0.1, 0.15) is 98.9 Å². The predicted molar refractivity (Wildman–Crippen MR) is 147 cm³/mol. The number of pyridine rings is 1. The van der Waals surface area contributed by atoms with Gasteiger partial charge in [-0.05, 0) is 122 Å². The quantitative estimate of drug-likeness (QED) is 0.261. The van der Waals surface area contributed by atoms with Gasteiger partial charge >= 0.3 is 0 Å².